The summed E-state index contributed by atoms with van der Waals surface area (Å²) in [6.07, 6.45) is 5.45. The Morgan fingerprint density at radius 2 is 2.05 bits per heavy atom. The fourth-order valence-electron chi connectivity index (χ4n) is 2.90. The third-order valence-electron chi connectivity index (χ3n) is 4.16. The second kappa shape index (κ2) is 11.0. The number of rotatable bonds is 8. The molecule has 2 fully saturated rings. The molecule has 0 bridgehead atoms. The van der Waals surface area contributed by atoms with E-state index in [0.717, 1.165) is 43.4 Å². The first-order valence-corrected chi connectivity index (χ1v) is 9.65. The molecule has 1 heterocycles. The summed E-state index contributed by atoms with van der Waals surface area (Å²) in [5.41, 5.74) is 0. The minimum Gasteiger partial charge on any atom is -0.357 e. The summed E-state index contributed by atoms with van der Waals surface area (Å²) < 4.78 is 0. The molecule has 1 saturated heterocycles. The van der Waals surface area contributed by atoms with E-state index in [0.29, 0.717) is 6.04 Å². The molecule has 0 radical (unpaired) electrons. The molecule has 130 valence electrons. The largest absolute Gasteiger partial charge is 0.357 e. The summed E-state index contributed by atoms with van der Waals surface area (Å²) in [5.74, 6) is 2.30. The average molecular weight is 440 g/mol. The van der Waals surface area contributed by atoms with E-state index in [1.807, 2.05) is 0 Å². The molecule has 22 heavy (non-hydrogen) atoms. The van der Waals surface area contributed by atoms with E-state index in [1.165, 1.54) is 31.4 Å². The molecule has 6 heteroatoms. The summed E-state index contributed by atoms with van der Waals surface area (Å²) in [6, 6.07) is 1.48. The van der Waals surface area contributed by atoms with Crippen LogP contribution in [0.5, 0.6) is 0 Å². The Morgan fingerprint density at radius 3 is 2.59 bits per heavy atom. The Morgan fingerprint density at radius 1 is 1.27 bits per heavy atom. The predicted octanol–water partition coefficient (Wildman–Crippen LogP) is 2.93. The van der Waals surface area contributed by atoms with E-state index in [1.54, 1.807) is 0 Å². The molecular weight excluding hydrogens is 407 g/mol. The van der Waals surface area contributed by atoms with Gasteiger partial charge in [-0.25, -0.2) is 0 Å². The lowest BCUT2D eigenvalue weighted by molar-refractivity contribution is 0.215. The van der Waals surface area contributed by atoms with Crippen LogP contribution in [0.25, 0.3) is 0 Å². The van der Waals surface area contributed by atoms with Gasteiger partial charge in [-0.15, -0.1) is 24.0 Å². The van der Waals surface area contributed by atoms with Gasteiger partial charge in [-0.3, -0.25) is 9.89 Å². The molecule has 1 unspecified atom stereocenters. The van der Waals surface area contributed by atoms with Crippen LogP contribution in [-0.4, -0.2) is 60.1 Å². The maximum Gasteiger partial charge on any atom is 0.191 e. The van der Waals surface area contributed by atoms with Gasteiger partial charge in [-0.05, 0) is 52.2 Å². The highest BCUT2D eigenvalue weighted by Crippen LogP contribution is 2.28. The highest BCUT2D eigenvalue weighted by molar-refractivity contribution is 14.0. The molecule has 2 N–H and O–H groups in total. The van der Waals surface area contributed by atoms with Crippen molar-refractivity contribution in [2.75, 3.05) is 31.9 Å². The van der Waals surface area contributed by atoms with Crippen LogP contribution in [0, 0.1) is 0 Å². The Kier molecular flexibility index (Phi) is 10.1. The number of hydrogen-bond acceptors (Lipinski definition) is 3. The van der Waals surface area contributed by atoms with Gasteiger partial charge in [0.25, 0.3) is 0 Å². The molecular formula is C16H33IN4S. The second-order valence-corrected chi connectivity index (χ2v) is 7.75. The molecule has 4 nitrogen and oxygen atoms in total. The van der Waals surface area contributed by atoms with Crippen molar-refractivity contribution in [1.82, 2.24) is 15.5 Å². The molecule has 0 aromatic heterocycles. The Labute approximate surface area is 157 Å². The van der Waals surface area contributed by atoms with Crippen LogP contribution in [0.2, 0.25) is 0 Å². The number of thioether (sulfide) groups is 1. The van der Waals surface area contributed by atoms with Gasteiger partial charge in [0, 0.05) is 37.0 Å². The monoisotopic (exact) mass is 440 g/mol. The number of halogens is 1. The molecule has 1 atom stereocenters. The minimum atomic E-state index is 0. The van der Waals surface area contributed by atoms with Crippen molar-refractivity contribution in [3.8, 4) is 0 Å². The summed E-state index contributed by atoms with van der Waals surface area (Å²) in [4.78, 5) is 7.37. The number of guanidine groups is 1. The quantitative estimate of drug-likeness (QED) is 0.346. The highest BCUT2D eigenvalue weighted by atomic mass is 127. The summed E-state index contributed by atoms with van der Waals surface area (Å²) in [6.45, 7) is 10.7. The van der Waals surface area contributed by atoms with Crippen molar-refractivity contribution >= 4 is 41.7 Å². The molecule has 0 spiro atoms. The fourth-order valence-corrected chi connectivity index (χ4v) is 4.08. The molecule has 0 aromatic carbocycles. The van der Waals surface area contributed by atoms with Crippen LogP contribution in [0.4, 0.5) is 0 Å². The van der Waals surface area contributed by atoms with Crippen LogP contribution >= 0.6 is 35.7 Å². The molecule has 1 aliphatic carbocycles. The zero-order valence-electron chi connectivity index (χ0n) is 14.3. The van der Waals surface area contributed by atoms with Crippen molar-refractivity contribution in [2.24, 2.45) is 4.99 Å². The lowest BCUT2D eigenvalue weighted by Crippen LogP contribution is -2.44. The summed E-state index contributed by atoms with van der Waals surface area (Å²) >= 11 is 2.08. The van der Waals surface area contributed by atoms with Crippen molar-refractivity contribution in [3.05, 3.63) is 0 Å². The average Bonchev–Trinajstić information content (AvgIpc) is 3.15. The van der Waals surface area contributed by atoms with Crippen molar-refractivity contribution in [2.45, 2.75) is 63.8 Å². The van der Waals surface area contributed by atoms with Crippen LogP contribution in [0.3, 0.4) is 0 Å². The second-order valence-electron chi connectivity index (χ2n) is 6.34. The van der Waals surface area contributed by atoms with Gasteiger partial charge in [-0.1, -0.05) is 0 Å². The van der Waals surface area contributed by atoms with Crippen molar-refractivity contribution in [1.29, 1.82) is 0 Å². The van der Waals surface area contributed by atoms with Crippen molar-refractivity contribution < 1.29 is 0 Å². The fraction of sp³-hybridized carbons (Fsp3) is 0.938. The van der Waals surface area contributed by atoms with Gasteiger partial charge in [0.1, 0.15) is 0 Å². The topological polar surface area (TPSA) is 39.7 Å². The number of nitrogens with zero attached hydrogens (tertiary/aromatic N) is 2. The normalized spacial score (nSPS) is 22.0. The van der Waals surface area contributed by atoms with Gasteiger partial charge >= 0.3 is 0 Å². The molecule has 0 aromatic rings. The van der Waals surface area contributed by atoms with Crippen LogP contribution in [0.15, 0.2) is 4.99 Å². The van der Waals surface area contributed by atoms with Crippen molar-refractivity contribution in [3.63, 3.8) is 0 Å². The minimum absolute atomic E-state index is 0. The SMILES string of the molecule is CCNC(=NCC1CCCS1)NCCN(C(C)C)C1CC1.I. The van der Waals surface area contributed by atoms with E-state index in [-0.39, 0.29) is 24.0 Å². The zero-order chi connectivity index (χ0) is 15.1. The lowest BCUT2D eigenvalue weighted by atomic mass is 10.2. The number of nitrogens with one attached hydrogen (secondary N) is 2. The van der Waals surface area contributed by atoms with E-state index in [2.05, 4.69) is 48.1 Å². The van der Waals surface area contributed by atoms with Crippen LogP contribution in [-0.2, 0) is 0 Å². The standard InChI is InChI=1S/C16H32N4S.HI/c1-4-17-16(19-12-15-6-5-11-21-15)18-9-10-20(13(2)3)14-7-8-14;/h13-15H,4-12H2,1-3H3,(H2,17,18,19);1H. The van der Waals surface area contributed by atoms with Crippen LogP contribution in [0.1, 0.15) is 46.5 Å². The number of hydrogen-bond donors (Lipinski definition) is 2. The Hall–Kier alpha value is 0.310. The van der Waals surface area contributed by atoms with Gasteiger partial charge in [0.05, 0.1) is 6.54 Å². The zero-order valence-corrected chi connectivity index (χ0v) is 17.5. The number of aliphatic imine (C=N–C) groups is 1. The molecule has 0 amide bonds. The third kappa shape index (κ3) is 7.25. The first kappa shape index (κ1) is 20.4. The van der Waals surface area contributed by atoms with E-state index in [9.17, 15) is 0 Å². The lowest BCUT2D eigenvalue weighted by Gasteiger charge is -2.26. The van der Waals surface area contributed by atoms with Gasteiger partial charge < -0.3 is 10.6 Å². The van der Waals surface area contributed by atoms with Gasteiger partial charge in [0.2, 0.25) is 0 Å². The molecule has 2 aliphatic rings. The van der Waals surface area contributed by atoms with Gasteiger partial charge in [-0.2, -0.15) is 11.8 Å². The Balaban J connectivity index is 0.00000242. The maximum absolute atomic E-state index is 4.75. The van der Waals surface area contributed by atoms with E-state index >= 15 is 0 Å². The molecule has 1 aliphatic heterocycles. The first-order valence-electron chi connectivity index (χ1n) is 8.60. The predicted molar refractivity (Wildman–Crippen MR) is 110 cm³/mol. The smallest absolute Gasteiger partial charge is 0.191 e. The molecule has 1 saturated carbocycles. The van der Waals surface area contributed by atoms with Crippen LogP contribution < -0.4 is 10.6 Å². The summed E-state index contributed by atoms with van der Waals surface area (Å²) in [7, 11) is 0. The maximum atomic E-state index is 4.75. The molecule has 2 rings (SSSR count). The highest BCUT2D eigenvalue weighted by Gasteiger charge is 2.30. The first-order chi connectivity index (χ1) is 10.2. The summed E-state index contributed by atoms with van der Waals surface area (Å²) in [5, 5.41) is 7.60. The van der Waals surface area contributed by atoms with E-state index in [4.69, 9.17) is 4.99 Å². The van der Waals surface area contributed by atoms with Gasteiger partial charge in [0.15, 0.2) is 5.96 Å². The third-order valence-corrected chi connectivity index (χ3v) is 5.54. The van der Waals surface area contributed by atoms with E-state index < -0.39 is 0 Å². The Bertz CT molecular complexity index is 326.